The monoisotopic (exact) mass is 1280 g/mol. The maximum atomic E-state index is 12.7. The molecule has 37 atom stereocenters. The molecule has 0 radical (unpaired) electrons. The van der Waals surface area contributed by atoms with E-state index in [4.69, 9.17) is 56.8 Å². The van der Waals surface area contributed by atoms with E-state index in [9.17, 15) is 102 Å². The molecule has 6 aliphatic heterocycles. The fraction of sp³-hybridized carbons (Fsp3) is 0.964. The smallest absolute Gasteiger partial charge is 0.190 e. The first-order valence-electron chi connectivity index (χ1n) is 30.4. The highest BCUT2D eigenvalue weighted by Gasteiger charge is 2.70. The standard InChI is InChI=1S/C56H92O32/c1-19-12-55-10-6-26-53(3,27(55)7-11-56(19,18-55)88-51-45(86-46-38(72)34(68)28(62)20(2)77-46)43(33(67)25(17-61)82-51)84-48-40(74)36(70)30(64)22(14-58)79-48)8-5-9-54(26,4)52(76)87-50-44(85-49-41(75)37(71)31(65)23(15-59)80-49)42(32(66)24(16-60)81-50)83-47-39(73)35(69)29(63)21(13-57)78-47/h20-52,57-76H,1,5-18H2,2-4H3/t20?,21?,22?,23?,24?,25?,26?,27-,28?,29?,30?,31?,32?,33?,34?,35?,36?,37?,38?,39?,40?,41?,42?,43?,44?,45?,46?,47?,48?,49?,50?,51?,52?,53+,54+,55+,56-/m0/s1. The molecule has 2 bridgehead atoms. The average Bonchev–Trinajstić information content (AvgIpc) is 0.951. The minimum absolute atomic E-state index is 0.0891. The van der Waals surface area contributed by atoms with Gasteiger partial charge in [-0.05, 0) is 86.5 Å². The van der Waals surface area contributed by atoms with Crippen molar-refractivity contribution in [2.45, 2.75) is 275 Å². The lowest BCUT2D eigenvalue weighted by Gasteiger charge is -2.65. The van der Waals surface area contributed by atoms with Crippen molar-refractivity contribution in [2.24, 2.45) is 28.1 Å². The van der Waals surface area contributed by atoms with Crippen molar-refractivity contribution in [3.63, 3.8) is 0 Å². The van der Waals surface area contributed by atoms with Gasteiger partial charge in [-0.25, -0.2) is 0 Å². The van der Waals surface area contributed by atoms with Crippen LogP contribution in [0.2, 0.25) is 0 Å². The van der Waals surface area contributed by atoms with Gasteiger partial charge in [-0.2, -0.15) is 0 Å². The molecule has 6 heterocycles. The summed E-state index contributed by atoms with van der Waals surface area (Å²) in [5.74, 6) is -0.408. The van der Waals surface area contributed by atoms with Crippen LogP contribution in [0.15, 0.2) is 12.2 Å². The lowest BCUT2D eigenvalue weighted by molar-refractivity contribution is -0.409. The van der Waals surface area contributed by atoms with Crippen molar-refractivity contribution in [3.8, 4) is 0 Å². The van der Waals surface area contributed by atoms with E-state index in [1.54, 1.807) is 0 Å². The van der Waals surface area contributed by atoms with E-state index < -0.39 is 245 Å². The van der Waals surface area contributed by atoms with E-state index >= 15 is 0 Å². The lowest BCUT2D eigenvalue weighted by Crippen LogP contribution is -2.68. The molecule has 0 aromatic carbocycles. The second kappa shape index (κ2) is 26.9. The van der Waals surface area contributed by atoms with E-state index in [2.05, 4.69) is 13.5 Å². The van der Waals surface area contributed by atoms with E-state index in [1.807, 2.05) is 6.92 Å². The minimum atomic E-state index is -2.05. The summed E-state index contributed by atoms with van der Waals surface area (Å²) in [6, 6.07) is 0. The fourth-order valence-corrected chi connectivity index (χ4v) is 16.5. The third-order valence-electron chi connectivity index (χ3n) is 21.5. The van der Waals surface area contributed by atoms with Gasteiger partial charge in [-0.1, -0.05) is 26.8 Å². The molecule has 508 valence electrons. The Kier molecular flexibility index (Phi) is 21.2. The summed E-state index contributed by atoms with van der Waals surface area (Å²) in [6.45, 7) is 5.65. The van der Waals surface area contributed by atoms with Crippen LogP contribution < -0.4 is 0 Å². The molecule has 32 nitrogen and oxygen atoms in total. The number of hydrogen-bond donors (Lipinski definition) is 20. The van der Waals surface area contributed by atoms with Crippen molar-refractivity contribution in [3.05, 3.63) is 12.2 Å². The Labute approximate surface area is 505 Å². The number of rotatable bonds is 18. The van der Waals surface area contributed by atoms with Gasteiger partial charge in [0.15, 0.2) is 44.0 Å². The Hall–Kier alpha value is -1.54. The highest BCUT2D eigenvalue weighted by Crippen LogP contribution is 2.74. The number of aliphatic hydroxyl groups excluding tert-OH is 20. The van der Waals surface area contributed by atoms with Crippen LogP contribution >= 0.6 is 0 Å². The van der Waals surface area contributed by atoms with Gasteiger partial charge in [-0.15, -0.1) is 0 Å². The van der Waals surface area contributed by atoms with Crippen LogP contribution in [0.1, 0.15) is 78.6 Å². The zero-order chi connectivity index (χ0) is 64.0. The molecular weight excluding hydrogens is 1180 g/mol. The number of hydrogen-bond acceptors (Lipinski definition) is 32. The largest absolute Gasteiger partial charge is 0.394 e. The van der Waals surface area contributed by atoms with Gasteiger partial charge in [0.05, 0.1) is 44.7 Å². The van der Waals surface area contributed by atoms with Crippen LogP contribution in [0.25, 0.3) is 0 Å². The summed E-state index contributed by atoms with van der Waals surface area (Å²) < 4.78 is 73.6. The Morgan fingerprint density at radius 3 is 1.30 bits per heavy atom. The van der Waals surface area contributed by atoms with Gasteiger partial charge < -0.3 is 159 Å². The molecule has 6 saturated heterocycles. The van der Waals surface area contributed by atoms with Gasteiger partial charge in [0, 0.05) is 5.41 Å². The quantitative estimate of drug-likeness (QED) is 0.0344. The summed E-state index contributed by atoms with van der Waals surface area (Å²) in [5, 5.41) is 218. The van der Waals surface area contributed by atoms with E-state index in [1.165, 1.54) is 6.92 Å². The first kappa shape index (κ1) is 69.3. The molecule has 10 fully saturated rings. The van der Waals surface area contributed by atoms with E-state index in [-0.39, 0.29) is 11.8 Å². The molecule has 32 heteroatoms. The van der Waals surface area contributed by atoms with Crippen LogP contribution in [0.5, 0.6) is 0 Å². The Bertz CT molecular complexity index is 2330. The van der Waals surface area contributed by atoms with Gasteiger partial charge in [0.2, 0.25) is 0 Å². The average molecular weight is 1280 g/mol. The lowest BCUT2D eigenvalue weighted by atomic mass is 9.40. The summed E-state index contributed by atoms with van der Waals surface area (Å²) in [7, 11) is 0. The van der Waals surface area contributed by atoms with Crippen LogP contribution in [0.4, 0.5) is 0 Å². The molecule has 10 rings (SSSR count). The molecule has 10 aliphatic rings. The Balaban J connectivity index is 0.918. The maximum absolute atomic E-state index is 12.7. The molecule has 32 unspecified atom stereocenters. The number of ether oxygens (including phenoxy) is 12. The molecule has 88 heavy (non-hydrogen) atoms. The van der Waals surface area contributed by atoms with Crippen LogP contribution in [0, 0.1) is 28.1 Å². The van der Waals surface area contributed by atoms with E-state index in [0.29, 0.717) is 63.4 Å². The molecule has 20 N–H and O–H groups in total. The predicted molar refractivity (Wildman–Crippen MR) is 284 cm³/mol. The minimum Gasteiger partial charge on any atom is -0.394 e. The summed E-state index contributed by atoms with van der Waals surface area (Å²) >= 11 is 0. The maximum Gasteiger partial charge on any atom is 0.190 e. The van der Waals surface area contributed by atoms with Gasteiger partial charge >= 0.3 is 0 Å². The second-order valence-corrected chi connectivity index (χ2v) is 26.6. The van der Waals surface area contributed by atoms with Crippen molar-refractivity contribution in [1.82, 2.24) is 0 Å². The van der Waals surface area contributed by atoms with E-state index in [0.717, 1.165) is 0 Å². The first-order chi connectivity index (χ1) is 41.6. The predicted octanol–water partition coefficient (Wildman–Crippen LogP) is -8.65. The van der Waals surface area contributed by atoms with Crippen LogP contribution in [0.3, 0.4) is 0 Å². The first-order valence-corrected chi connectivity index (χ1v) is 30.4. The SMILES string of the molecule is C=C1C[C@@]23CCC4[C@](C)(C(O)OC5OC(CO)C(O)C(OC6OC(CO)C(O)C(O)C6O)C5OC5OC(CO)C(O)C(O)C5O)CCC[C@@]4(C)[C@@H]2CC[C@]1(OC1OC(CO)C(O)C(OC2OC(CO)C(O)C(O)C2O)C1OC1OC(C)C(O)C(O)C1O)C3. The summed E-state index contributed by atoms with van der Waals surface area (Å²) in [4.78, 5) is 0. The Morgan fingerprint density at radius 2 is 0.830 bits per heavy atom. The number of aliphatic hydroxyl groups is 20. The fourth-order valence-electron chi connectivity index (χ4n) is 16.5. The van der Waals surface area contributed by atoms with Crippen molar-refractivity contribution in [1.29, 1.82) is 0 Å². The van der Waals surface area contributed by atoms with Crippen molar-refractivity contribution < 1.29 is 159 Å². The molecule has 1 spiro atoms. The molecule has 4 aliphatic carbocycles. The zero-order valence-electron chi connectivity index (χ0n) is 49.0. The number of fused-ring (bicyclic) bond motifs is 3. The topological polar surface area (TPSA) is 515 Å². The summed E-state index contributed by atoms with van der Waals surface area (Å²) in [5.41, 5.74) is -2.78. The van der Waals surface area contributed by atoms with Gasteiger partial charge in [-0.3, -0.25) is 0 Å². The van der Waals surface area contributed by atoms with Gasteiger partial charge in [0.25, 0.3) is 0 Å². The van der Waals surface area contributed by atoms with Crippen molar-refractivity contribution >= 4 is 0 Å². The molecule has 4 saturated carbocycles. The molecule has 0 aromatic rings. The van der Waals surface area contributed by atoms with Crippen LogP contribution in [-0.4, -0.2) is 331 Å². The summed E-state index contributed by atoms with van der Waals surface area (Å²) in [6.07, 6.45) is -50.9. The third-order valence-corrected chi connectivity index (χ3v) is 21.5. The molecule has 0 aromatic heterocycles. The highest BCUT2D eigenvalue weighted by molar-refractivity contribution is 5.30. The third kappa shape index (κ3) is 12.1. The molecular formula is C56H92O32. The zero-order valence-corrected chi connectivity index (χ0v) is 49.0. The normalized spacial score (nSPS) is 55.4. The Morgan fingerprint density at radius 1 is 0.443 bits per heavy atom. The van der Waals surface area contributed by atoms with Crippen LogP contribution in [-0.2, 0) is 56.8 Å². The second-order valence-electron chi connectivity index (χ2n) is 26.6. The molecule has 0 amide bonds. The van der Waals surface area contributed by atoms with Crippen molar-refractivity contribution in [2.75, 3.05) is 33.0 Å². The van der Waals surface area contributed by atoms with Gasteiger partial charge in [0.1, 0.15) is 140 Å². The highest BCUT2D eigenvalue weighted by atomic mass is 16.8.